The van der Waals surface area contributed by atoms with Gasteiger partial charge in [-0.1, -0.05) is 43.0 Å². The predicted octanol–water partition coefficient (Wildman–Crippen LogP) is 3.63. The molecule has 0 radical (unpaired) electrons. The zero-order valence-corrected chi connectivity index (χ0v) is 13.1. The summed E-state index contributed by atoms with van der Waals surface area (Å²) in [5.41, 5.74) is 0.342. The molecule has 0 amide bonds. The maximum Gasteiger partial charge on any atom is 0.333 e. The summed E-state index contributed by atoms with van der Waals surface area (Å²) in [6.07, 6.45) is -0.528. The van der Waals surface area contributed by atoms with E-state index in [1.807, 2.05) is 60.7 Å². The maximum absolute atomic E-state index is 11.7. The summed E-state index contributed by atoms with van der Waals surface area (Å²) in [6.45, 7) is 5.60. The molecule has 2 rings (SSSR count). The quantitative estimate of drug-likeness (QED) is 0.551. The molecular formula is C19H20O4. The first-order valence-corrected chi connectivity index (χ1v) is 7.37. The van der Waals surface area contributed by atoms with Crippen molar-refractivity contribution in [3.05, 3.63) is 72.8 Å². The van der Waals surface area contributed by atoms with Gasteiger partial charge < -0.3 is 14.2 Å². The molecule has 0 unspecified atom stereocenters. The van der Waals surface area contributed by atoms with E-state index in [0.717, 1.165) is 0 Å². The van der Waals surface area contributed by atoms with Crippen molar-refractivity contribution in [2.24, 2.45) is 0 Å². The van der Waals surface area contributed by atoms with Crippen LogP contribution in [0.15, 0.2) is 72.8 Å². The Morgan fingerprint density at radius 1 is 0.913 bits per heavy atom. The van der Waals surface area contributed by atoms with E-state index in [1.54, 1.807) is 6.92 Å². The Morgan fingerprint density at radius 3 is 1.74 bits per heavy atom. The SMILES string of the molecule is C=C(C)C(=O)OC(COc1ccccc1)COc1ccccc1. The smallest absolute Gasteiger partial charge is 0.333 e. The van der Waals surface area contributed by atoms with Gasteiger partial charge in [-0.3, -0.25) is 0 Å². The zero-order chi connectivity index (χ0) is 16.5. The second kappa shape index (κ2) is 8.63. The number of esters is 1. The van der Waals surface area contributed by atoms with Crippen molar-refractivity contribution in [2.75, 3.05) is 13.2 Å². The van der Waals surface area contributed by atoms with Crippen LogP contribution in [0.2, 0.25) is 0 Å². The third-order valence-electron chi connectivity index (χ3n) is 2.98. The molecule has 23 heavy (non-hydrogen) atoms. The zero-order valence-electron chi connectivity index (χ0n) is 13.1. The molecule has 0 bridgehead atoms. The highest BCUT2D eigenvalue weighted by Crippen LogP contribution is 2.12. The maximum atomic E-state index is 11.7. The van der Waals surface area contributed by atoms with E-state index < -0.39 is 12.1 Å². The Labute approximate surface area is 136 Å². The second-order valence-electron chi connectivity index (χ2n) is 5.06. The van der Waals surface area contributed by atoms with Crippen molar-refractivity contribution in [1.82, 2.24) is 0 Å². The van der Waals surface area contributed by atoms with Crippen molar-refractivity contribution < 1.29 is 19.0 Å². The lowest BCUT2D eigenvalue weighted by Crippen LogP contribution is -2.31. The number of para-hydroxylation sites is 2. The Hall–Kier alpha value is -2.75. The monoisotopic (exact) mass is 312 g/mol. The number of carbonyl (C=O) groups is 1. The average molecular weight is 312 g/mol. The van der Waals surface area contributed by atoms with Gasteiger partial charge in [0.05, 0.1) is 0 Å². The van der Waals surface area contributed by atoms with Gasteiger partial charge in [0.15, 0.2) is 6.10 Å². The van der Waals surface area contributed by atoms with Crippen LogP contribution in [-0.4, -0.2) is 25.3 Å². The molecular weight excluding hydrogens is 292 g/mol. The van der Waals surface area contributed by atoms with Gasteiger partial charge in [0.25, 0.3) is 0 Å². The normalized spacial score (nSPS) is 10.2. The fourth-order valence-electron chi connectivity index (χ4n) is 1.78. The van der Waals surface area contributed by atoms with Crippen LogP contribution < -0.4 is 9.47 Å². The van der Waals surface area contributed by atoms with Gasteiger partial charge in [-0.2, -0.15) is 0 Å². The van der Waals surface area contributed by atoms with E-state index in [9.17, 15) is 4.79 Å². The molecule has 2 aromatic rings. The third-order valence-corrected chi connectivity index (χ3v) is 2.98. The Bertz CT molecular complexity index is 579. The third kappa shape index (κ3) is 5.87. The summed E-state index contributed by atoms with van der Waals surface area (Å²) in [5, 5.41) is 0. The van der Waals surface area contributed by atoms with Crippen molar-refractivity contribution in [3.63, 3.8) is 0 Å². The number of carbonyl (C=O) groups excluding carboxylic acids is 1. The largest absolute Gasteiger partial charge is 0.490 e. The molecule has 0 aliphatic heterocycles. The van der Waals surface area contributed by atoms with Crippen molar-refractivity contribution in [3.8, 4) is 11.5 Å². The number of benzene rings is 2. The average Bonchev–Trinajstić information content (AvgIpc) is 2.59. The number of rotatable bonds is 8. The van der Waals surface area contributed by atoms with E-state index in [1.165, 1.54) is 0 Å². The first-order valence-electron chi connectivity index (χ1n) is 7.37. The van der Waals surface area contributed by atoms with Gasteiger partial charge in [-0.15, -0.1) is 0 Å². The fourth-order valence-corrected chi connectivity index (χ4v) is 1.78. The van der Waals surface area contributed by atoms with Gasteiger partial charge in [0, 0.05) is 5.57 Å². The number of hydrogen-bond donors (Lipinski definition) is 0. The summed E-state index contributed by atoms with van der Waals surface area (Å²) in [6, 6.07) is 18.7. The predicted molar refractivity (Wildman–Crippen MR) is 88.6 cm³/mol. The lowest BCUT2D eigenvalue weighted by Gasteiger charge is -2.19. The second-order valence-corrected chi connectivity index (χ2v) is 5.06. The first kappa shape index (κ1) is 16.6. The van der Waals surface area contributed by atoms with Crippen LogP contribution in [0.25, 0.3) is 0 Å². The lowest BCUT2D eigenvalue weighted by atomic mass is 10.3. The standard InChI is InChI=1S/C19H20O4/c1-15(2)19(20)23-18(13-21-16-9-5-3-6-10-16)14-22-17-11-7-4-8-12-17/h3-12,18H,1,13-14H2,2H3. The summed E-state index contributed by atoms with van der Waals surface area (Å²) in [5.74, 6) is 0.968. The van der Waals surface area contributed by atoms with Crippen LogP contribution in [0, 0.1) is 0 Å². The van der Waals surface area contributed by atoms with E-state index in [0.29, 0.717) is 17.1 Å². The molecule has 120 valence electrons. The molecule has 0 aromatic heterocycles. The van der Waals surface area contributed by atoms with Crippen molar-refractivity contribution >= 4 is 5.97 Å². The summed E-state index contributed by atoms with van der Waals surface area (Å²) in [7, 11) is 0. The lowest BCUT2D eigenvalue weighted by molar-refractivity contribution is -0.147. The highest BCUT2D eigenvalue weighted by molar-refractivity contribution is 5.87. The van der Waals surface area contributed by atoms with Crippen LogP contribution >= 0.6 is 0 Å². The van der Waals surface area contributed by atoms with Crippen LogP contribution in [-0.2, 0) is 9.53 Å². The van der Waals surface area contributed by atoms with Crippen molar-refractivity contribution in [2.45, 2.75) is 13.0 Å². The van der Waals surface area contributed by atoms with Gasteiger partial charge in [-0.05, 0) is 31.2 Å². The molecule has 0 saturated heterocycles. The summed E-state index contributed by atoms with van der Waals surface area (Å²) < 4.78 is 16.7. The number of hydrogen-bond acceptors (Lipinski definition) is 4. The number of ether oxygens (including phenoxy) is 3. The molecule has 4 nitrogen and oxygen atoms in total. The summed E-state index contributed by atoms with van der Waals surface area (Å²) in [4.78, 5) is 11.7. The Balaban J connectivity index is 1.93. The Morgan fingerprint density at radius 2 is 1.35 bits per heavy atom. The van der Waals surface area contributed by atoms with Crippen LogP contribution in [0.4, 0.5) is 0 Å². The summed E-state index contributed by atoms with van der Waals surface area (Å²) >= 11 is 0. The highest BCUT2D eigenvalue weighted by Gasteiger charge is 2.17. The molecule has 0 N–H and O–H groups in total. The molecule has 0 aliphatic rings. The van der Waals surface area contributed by atoms with Gasteiger partial charge in [0.2, 0.25) is 0 Å². The van der Waals surface area contributed by atoms with Gasteiger partial charge in [0.1, 0.15) is 24.7 Å². The molecule has 0 spiro atoms. The van der Waals surface area contributed by atoms with Crippen LogP contribution in [0.5, 0.6) is 11.5 Å². The van der Waals surface area contributed by atoms with Crippen molar-refractivity contribution in [1.29, 1.82) is 0 Å². The Kier molecular flexibility index (Phi) is 6.24. The minimum Gasteiger partial charge on any atom is -0.490 e. The van der Waals surface area contributed by atoms with E-state index >= 15 is 0 Å². The van der Waals surface area contributed by atoms with Crippen LogP contribution in [0.3, 0.4) is 0 Å². The van der Waals surface area contributed by atoms with Gasteiger partial charge >= 0.3 is 5.97 Å². The van der Waals surface area contributed by atoms with E-state index in [-0.39, 0.29) is 13.2 Å². The van der Waals surface area contributed by atoms with Gasteiger partial charge in [-0.25, -0.2) is 4.79 Å². The molecule has 4 heteroatoms. The minimum absolute atomic E-state index is 0.204. The minimum atomic E-state index is -0.528. The van der Waals surface area contributed by atoms with E-state index in [4.69, 9.17) is 14.2 Å². The first-order chi connectivity index (χ1) is 11.1. The molecule has 2 aromatic carbocycles. The fraction of sp³-hybridized carbons (Fsp3) is 0.211. The topological polar surface area (TPSA) is 44.8 Å². The molecule has 0 heterocycles. The molecule has 0 fully saturated rings. The molecule has 0 atom stereocenters. The molecule has 0 aliphatic carbocycles. The van der Waals surface area contributed by atoms with E-state index in [2.05, 4.69) is 6.58 Å². The highest BCUT2D eigenvalue weighted by atomic mass is 16.6. The van der Waals surface area contributed by atoms with Crippen LogP contribution in [0.1, 0.15) is 6.92 Å². The molecule has 0 saturated carbocycles.